The number of nitrogens with one attached hydrogen (secondary N) is 2. The Morgan fingerprint density at radius 3 is 2.65 bits per heavy atom. The van der Waals surface area contributed by atoms with Gasteiger partial charge in [-0.15, -0.1) is 0 Å². The molecule has 1 aromatic heterocycles. The molecule has 0 saturated heterocycles. The van der Waals surface area contributed by atoms with Crippen LogP contribution in [0.15, 0.2) is 36.5 Å². The highest BCUT2D eigenvalue weighted by molar-refractivity contribution is 6.31. The Balaban J connectivity index is 1.73. The van der Waals surface area contributed by atoms with Gasteiger partial charge >= 0.3 is 0 Å². The van der Waals surface area contributed by atoms with E-state index in [0.29, 0.717) is 16.3 Å². The molecule has 1 saturated carbocycles. The van der Waals surface area contributed by atoms with E-state index in [1.807, 2.05) is 13.0 Å². The lowest BCUT2D eigenvalue weighted by atomic mass is 10.2. The smallest absolute Gasteiger partial charge is 0.270 e. The number of rotatable bonds is 4. The third kappa shape index (κ3) is 3.87. The predicted molar refractivity (Wildman–Crippen MR) is 88.9 cm³/mol. The molecule has 1 aromatic carbocycles. The number of hydrogen-bond donors (Lipinski definition) is 2. The highest BCUT2D eigenvalue weighted by Crippen LogP contribution is 2.21. The fraction of sp³-hybridized carbons (Fsp3) is 0.235. The highest BCUT2D eigenvalue weighted by atomic mass is 35.5. The Kier molecular flexibility index (Phi) is 4.30. The normalized spacial score (nSPS) is 13.5. The molecule has 0 radical (unpaired) electrons. The summed E-state index contributed by atoms with van der Waals surface area (Å²) in [7, 11) is 0. The summed E-state index contributed by atoms with van der Waals surface area (Å²) >= 11 is 6.05. The van der Waals surface area contributed by atoms with E-state index >= 15 is 0 Å². The van der Waals surface area contributed by atoms with Gasteiger partial charge in [0.2, 0.25) is 0 Å². The van der Waals surface area contributed by atoms with E-state index in [4.69, 9.17) is 11.6 Å². The zero-order valence-electron chi connectivity index (χ0n) is 12.6. The number of nitrogens with zero attached hydrogens (tertiary/aromatic N) is 1. The van der Waals surface area contributed by atoms with Crippen molar-refractivity contribution in [1.29, 1.82) is 0 Å². The van der Waals surface area contributed by atoms with E-state index < -0.39 is 0 Å². The lowest BCUT2D eigenvalue weighted by molar-refractivity contribution is 0.0946. The maximum Gasteiger partial charge on any atom is 0.270 e. The Hall–Kier alpha value is -2.40. The monoisotopic (exact) mass is 329 g/mol. The van der Waals surface area contributed by atoms with E-state index in [9.17, 15) is 9.59 Å². The predicted octanol–water partition coefficient (Wildman–Crippen LogP) is 3.19. The first kappa shape index (κ1) is 15.5. The molecule has 1 aliphatic rings. The van der Waals surface area contributed by atoms with Crippen LogP contribution in [0.5, 0.6) is 0 Å². The van der Waals surface area contributed by atoms with E-state index in [-0.39, 0.29) is 23.6 Å². The molecule has 5 nitrogen and oxygen atoms in total. The highest BCUT2D eigenvalue weighted by Gasteiger charge is 2.24. The van der Waals surface area contributed by atoms with E-state index in [2.05, 4.69) is 15.6 Å². The fourth-order valence-electron chi connectivity index (χ4n) is 2.06. The van der Waals surface area contributed by atoms with Gasteiger partial charge in [0.1, 0.15) is 5.69 Å². The number of aryl methyl sites for hydroxylation is 1. The second kappa shape index (κ2) is 6.38. The van der Waals surface area contributed by atoms with Gasteiger partial charge in [-0.1, -0.05) is 17.7 Å². The maximum atomic E-state index is 12.3. The summed E-state index contributed by atoms with van der Waals surface area (Å²) < 4.78 is 0. The molecule has 6 heteroatoms. The largest absolute Gasteiger partial charge is 0.348 e. The Labute approximate surface area is 139 Å². The minimum absolute atomic E-state index is 0.242. The van der Waals surface area contributed by atoms with Crippen molar-refractivity contribution in [2.24, 2.45) is 0 Å². The lowest BCUT2D eigenvalue weighted by Gasteiger charge is -2.08. The molecular weight excluding hydrogens is 314 g/mol. The van der Waals surface area contributed by atoms with Gasteiger partial charge in [0, 0.05) is 28.5 Å². The molecule has 0 spiro atoms. The van der Waals surface area contributed by atoms with Crippen molar-refractivity contribution in [2.45, 2.75) is 25.8 Å². The Bertz CT molecular complexity index is 772. The average Bonchev–Trinajstić information content (AvgIpc) is 3.35. The molecule has 118 valence electrons. The molecule has 2 aromatic rings. The van der Waals surface area contributed by atoms with Gasteiger partial charge in [-0.25, -0.2) is 0 Å². The number of amides is 2. The molecular formula is C17H16ClN3O2. The van der Waals surface area contributed by atoms with Gasteiger partial charge < -0.3 is 10.6 Å². The molecule has 1 fully saturated rings. The summed E-state index contributed by atoms with van der Waals surface area (Å²) in [5, 5.41) is 6.20. The van der Waals surface area contributed by atoms with Crippen molar-refractivity contribution in [1.82, 2.24) is 10.3 Å². The second-order valence-corrected chi connectivity index (χ2v) is 6.00. The molecule has 3 rings (SSSR count). The number of aromatic nitrogens is 1. The number of hydrogen-bond acceptors (Lipinski definition) is 3. The summed E-state index contributed by atoms with van der Waals surface area (Å²) in [6, 6.07) is 8.61. The number of pyridine rings is 1. The molecule has 0 unspecified atom stereocenters. The number of carbonyl (C=O) groups excluding carboxylic acids is 2. The summed E-state index contributed by atoms with van der Waals surface area (Å²) in [6.07, 6.45) is 3.46. The van der Waals surface area contributed by atoms with E-state index in [1.165, 1.54) is 12.3 Å². The zero-order valence-corrected chi connectivity index (χ0v) is 13.4. The van der Waals surface area contributed by atoms with Crippen LogP contribution < -0.4 is 10.6 Å². The minimum atomic E-state index is -0.312. The Morgan fingerprint density at radius 1 is 1.17 bits per heavy atom. The second-order valence-electron chi connectivity index (χ2n) is 5.60. The van der Waals surface area contributed by atoms with E-state index in [1.54, 1.807) is 18.2 Å². The van der Waals surface area contributed by atoms with Crippen LogP contribution in [0.4, 0.5) is 5.69 Å². The zero-order chi connectivity index (χ0) is 16.4. The number of anilines is 1. The van der Waals surface area contributed by atoms with Gasteiger partial charge in [0.25, 0.3) is 11.8 Å². The SMILES string of the molecule is Cc1ccc(NC(=O)c2ccnc(C(=O)NC3CC3)c2)cc1Cl. The molecule has 2 amide bonds. The van der Waals surface area contributed by atoms with E-state index in [0.717, 1.165) is 18.4 Å². The van der Waals surface area contributed by atoms with Crippen LogP contribution in [0.1, 0.15) is 39.3 Å². The molecule has 1 heterocycles. The van der Waals surface area contributed by atoms with Gasteiger partial charge in [0.05, 0.1) is 0 Å². The minimum Gasteiger partial charge on any atom is -0.348 e. The molecule has 23 heavy (non-hydrogen) atoms. The maximum absolute atomic E-state index is 12.3. The third-order valence-corrected chi connectivity index (χ3v) is 4.00. The van der Waals surface area contributed by atoms with Crippen molar-refractivity contribution in [2.75, 3.05) is 5.32 Å². The van der Waals surface area contributed by atoms with Crippen LogP contribution >= 0.6 is 11.6 Å². The standard InChI is InChI=1S/C17H16ClN3O2/c1-10-2-3-13(9-14(10)18)21-16(22)11-6-7-19-15(8-11)17(23)20-12-4-5-12/h2-3,6-9,12H,4-5H2,1H3,(H,20,23)(H,21,22). The van der Waals surface area contributed by atoms with Gasteiger partial charge in [0.15, 0.2) is 0 Å². The summed E-state index contributed by atoms with van der Waals surface area (Å²) in [4.78, 5) is 28.3. The first-order valence-electron chi connectivity index (χ1n) is 7.37. The van der Waals surface area contributed by atoms with Crippen molar-refractivity contribution in [3.8, 4) is 0 Å². The molecule has 0 aliphatic heterocycles. The van der Waals surface area contributed by atoms with Gasteiger partial charge in [-0.05, 0) is 49.6 Å². The average molecular weight is 330 g/mol. The summed E-state index contributed by atoms with van der Waals surface area (Å²) in [5.74, 6) is -0.562. The van der Waals surface area contributed by atoms with Crippen LogP contribution in [-0.2, 0) is 0 Å². The van der Waals surface area contributed by atoms with Crippen LogP contribution in [0, 0.1) is 6.92 Å². The van der Waals surface area contributed by atoms with Crippen molar-refractivity contribution in [3.63, 3.8) is 0 Å². The van der Waals surface area contributed by atoms with Crippen LogP contribution in [0.3, 0.4) is 0 Å². The Morgan fingerprint density at radius 2 is 1.96 bits per heavy atom. The van der Waals surface area contributed by atoms with Gasteiger partial charge in [-0.2, -0.15) is 0 Å². The van der Waals surface area contributed by atoms with Crippen molar-refractivity contribution >= 4 is 29.1 Å². The van der Waals surface area contributed by atoms with Crippen LogP contribution in [0.2, 0.25) is 5.02 Å². The van der Waals surface area contributed by atoms with Crippen LogP contribution in [0.25, 0.3) is 0 Å². The first-order chi connectivity index (χ1) is 11.0. The topological polar surface area (TPSA) is 71.1 Å². The number of carbonyl (C=O) groups is 2. The summed E-state index contributed by atoms with van der Waals surface area (Å²) in [6.45, 7) is 1.89. The molecule has 1 aliphatic carbocycles. The fourth-order valence-corrected chi connectivity index (χ4v) is 2.24. The van der Waals surface area contributed by atoms with Crippen molar-refractivity contribution in [3.05, 3.63) is 58.4 Å². The van der Waals surface area contributed by atoms with Gasteiger partial charge in [-0.3, -0.25) is 14.6 Å². The van der Waals surface area contributed by atoms with Crippen molar-refractivity contribution < 1.29 is 9.59 Å². The molecule has 2 N–H and O–H groups in total. The first-order valence-corrected chi connectivity index (χ1v) is 7.75. The molecule has 0 atom stereocenters. The quantitative estimate of drug-likeness (QED) is 0.905. The van der Waals surface area contributed by atoms with Crippen LogP contribution in [-0.4, -0.2) is 22.8 Å². The third-order valence-electron chi connectivity index (χ3n) is 3.60. The lowest BCUT2D eigenvalue weighted by Crippen LogP contribution is -2.26. The molecule has 0 bridgehead atoms. The number of benzene rings is 1. The summed E-state index contributed by atoms with van der Waals surface area (Å²) in [5.41, 5.74) is 2.16. The number of halogens is 1.